The number of hydrogen-bond acceptors (Lipinski definition) is 4. The normalized spacial score (nSPS) is 22.8. The van der Waals surface area contributed by atoms with E-state index in [0.29, 0.717) is 13.0 Å². The van der Waals surface area contributed by atoms with Crippen LogP contribution in [0.5, 0.6) is 0 Å². The fraction of sp³-hybridized carbons (Fsp3) is 0.409. The smallest absolute Gasteiger partial charge is 0.220 e. The molecule has 2 aromatic carbocycles. The standard InChI is InChI=1S/C22H26FN3O2/c23-18-3-1-2-17(14-18)22-20(8-9-21(27)25-22)24-15-16-4-6-19(7-5-16)26-10-12-28-13-11-26/h1-7,14,20,22,24H,8-13,15H2,(H,25,27)/t20-,22+/m1/s1. The van der Waals surface area contributed by atoms with Gasteiger partial charge in [0.1, 0.15) is 5.82 Å². The summed E-state index contributed by atoms with van der Waals surface area (Å²) in [5.41, 5.74) is 3.20. The fourth-order valence-electron chi connectivity index (χ4n) is 3.93. The number of morpholine rings is 1. The topological polar surface area (TPSA) is 53.6 Å². The molecular weight excluding hydrogens is 357 g/mol. The average Bonchev–Trinajstić information content (AvgIpc) is 2.74. The van der Waals surface area contributed by atoms with E-state index >= 15 is 0 Å². The van der Waals surface area contributed by atoms with Gasteiger partial charge in [-0.3, -0.25) is 4.79 Å². The van der Waals surface area contributed by atoms with E-state index in [-0.39, 0.29) is 23.8 Å². The molecule has 2 N–H and O–H groups in total. The van der Waals surface area contributed by atoms with Crippen LogP contribution >= 0.6 is 0 Å². The maximum Gasteiger partial charge on any atom is 0.220 e. The predicted molar refractivity (Wildman–Crippen MR) is 107 cm³/mol. The lowest BCUT2D eigenvalue weighted by Crippen LogP contribution is -2.48. The highest BCUT2D eigenvalue weighted by molar-refractivity contribution is 5.77. The van der Waals surface area contributed by atoms with Gasteiger partial charge in [0.05, 0.1) is 19.3 Å². The molecule has 2 atom stereocenters. The molecular formula is C22H26FN3O2. The Morgan fingerprint density at radius 1 is 1.14 bits per heavy atom. The molecule has 0 unspecified atom stereocenters. The van der Waals surface area contributed by atoms with Crippen LogP contribution in [0.15, 0.2) is 48.5 Å². The summed E-state index contributed by atoms with van der Waals surface area (Å²) in [6, 6.07) is 14.9. The first kappa shape index (κ1) is 18.9. The number of piperidine rings is 1. The third-order valence-electron chi connectivity index (χ3n) is 5.49. The third kappa shape index (κ3) is 4.51. The van der Waals surface area contributed by atoms with E-state index in [1.54, 1.807) is 6.07 Å². The summed E-state index contributed by atoms with van der Waals surface area (Å²) >= 11 is 0. The van der Waals surface area contributed by atoms with Crippen molar-refractivity contribution >= 4 is 11.6 Å². The first-order valence-electron chi connectivity index (χ1n) is 9.89. The molecule has 5 nitrogen and oxygen atoms in total. The quantitative estimate of drug-likeness (QED) is 0.834. The Labute approximate surface area is 164 Å². The first-order chi connectivity index (χ1) is 13.7. The number of benzene rings is 2. The highest BCUT2D eigenvalue weighted by Gasteiger charge is 2.29. The Morgan fingerprint density at radius 3 is 2.68 bits per heavy atom. The van der Waals surface area contributed by atoms with Gasteiger partial charge in [-0.1, -0.05) is 24.3 Å². The second-order valence-electron chi connectivity index (χ2n) is 7.39. The van der Waals surface area contributed by atoms with Gasteiger partial charge in [-0.25, -0.2) is 4.39 Å². The van der Waals surface area contributed by atoms with Gasteiger partial charge in [0, 0.05) is 37.8 Å². The Hall–Kier alpha value is -2.44. The minimum Gasteiger partial charge on any atom is -0.378 e. The second-order valence-corrected chi connectivity index (χ2v) is 7.39. The fourth-order valence-corrected chi connectivity index (χ4v) is 3.93. The lowest BCUT2D eigenvalue weighted by molar-refractivity contribution is -0.123. The molecule has 2 aliphatic heterocycles. The van der Waals surface area contributed by atoms with Crippen LogP contribution in [0, 0.1) is 5.82 Å². The number of carbonyl (C=O) groups excluding carboxylic acids is 1. The zero-order valence-electron chi connectivity index (χ0n) is 15.9. The Bertz CT molecular complexity index is 806. The van der Waals surface area contributed by atoms with Crippen LogP contribution in [-0.4, -0.2) is 38.3 Å². The number of anilines is 1. The van der Waals surface area contributed by atoms with Crippen LogP contribution in [0.25, 0.3) is 0 Å². The molecule has 0 spiro atoms. The van der Waals surface area contributed by atoms with Crippen LogP contribution in [0.1, 0.15) is 30.0 Å². The number of amides is 1. The molecule has 0 bridgehead atoms. The Kier molecular flexibility index (Phi) is 5.88. The van der Waals surface area contributed by atoms with Gasteiger partial charge in [0.2, 0.25) is 5.91 Å². The van der Waals surface area contributed by atoms with Crippen molar-refractivity contribution < 1.29 is 13.9 Å². The van der Waals surface area contributed by atoms with Crippen molar-refractivity contribution in [2.75, 3.05) is 31.2 Å². The van der Waals surface area contributed by atoms with E-state index in [0.717, 1.165) is 38.3 Å². The summed E-state index contributed by atoms with van der Waals surface area (Å²) in [7, 11) is 0. The molecule has 2 aliphatic rings. The molecule has 6 heteroatoms. The molecule has 28 heavy (non-hydrogen) atoms. The summed E-state index contributed by atoms with van der Waals surface area (Å²) in [5, 5.41) is 6.57. The van der Waals surface area contributed by atoms with Crippen LogP contribution < -0.4 is 15.5 Å². The second kappa shape index (κ2) is 8.71. The molecule has 2 fully saturated rings. The maximum atomic E-state index is 13.6. The van der Waals surface area contributed by atoms with E-state index in [2.05, 4.69) is 39.8 Å². The molecule has 0 aromatic heterocycles. The van der Waals surface area contributed by atoms with E-state index < -0.39 is 0 Å². The van der Waals surface area contributed by atoms with E-state index in [1.807, 2.05) is 6.07 Å². The predicted octanol–water partition coefficient (Wildman–Crippen LogP) is 2.77. The average molecular weight is 383 g/mol. The van der Waals surface area contributed by atoms with E-state index in [9.17, 15) is 9.18 Å². The molecule has 0 radical (unpaired) electrons. The molecule has 0 saturated carbocycles. The number of nitrogens with zero attached hydrogens (tertiary/aromatic N) is 1. The lowest BCUT2D eigenvalue weighted by atomic mass is 9.91. The minimum atomic E-state index is -0.283. The van der Waals surface area contributed by atoms with Crippen LogP contribution in [0.4, 0.5) is 10.1 Å². The number of rotatable bonds is 5. The molecule has 1 amide bonds. The Balaban J connectivity index is 1.40. The number of halogens is 1. The summed E-state index contributed by atoms with van der Waals surface area (Å²) in [4.78, 5) is 14.2. The number of nitrogens with one attached hydrogen (secondary N) is 2. The van der Waals surface area contributed by atoms with Crippen LogP contribution in [0.2, 0.25) is 0 Å². The van der Waals surface area contributed by atoms with E-state index in [4.69, 9.17) is 4.74 Å². The van der Waals surface area contributed by atoms with Crippen molar-refractivity contribution in [3.63, 3.8) is 0 Å². The summed E-state index contributed by atoms with van der Waals surface area (Å²) in [5.74, 6) is -0.267. The van der Waals surface area contributed by atoms with Gasteiger partial charge < -0.3 is 20.3 Å². The van der Waals surface area contributed by atoms with Gasteiger partial charge in [-0.05, 0) is 41.8 Å². The summed E-state index contributed by atoms with van der Waals surface area (Å²) in [6.07, 6.45) is 1.22. The summed E-state index contributed by atoms with van der Waals surface area (Å²) in [6.45, 7) is 4.11. The van der Waals surface area contributed by atoms with Gasteiger partial charge in [-0.15, -0.1) is 0 Å². The largest absolute Gasteiger partial charge is 0.378 e. The molecule has 2 aromatic rings. The molecule has 2 heterocycles. The molecule has 2 saturated heterocycles. The van der Waals surface area contributed by atoms with Crippen molar-refractivity contribution in [2.24, 2.45) is 0 Å². The van der Waals surface area contributed by atoms with Crippen LogP contribution in [-0.2, 0) is 16.1 Å². The SMILES string of the molecule is O=C1CC[C@@H](NCc2ccc(N3CCOCC3)cc2)[C@H](c2cccc(F)c2)N1. The van der Waals surface area contributed by atoms with Crippen molar-refractivity contribution in [1.29, 1.82) is 0 Å². The monoisotopic (exact) mass is 383 g/mol. The van der Waals surface area contributed by atoms with Crippen molar-refractivity contribution in [1.82, 2.24) is 10.6 Å². The number of hydrogen-bond donors (Lipinski definition) is 2. The molecule has 4 rings (SSSR count). The van der Waals surface area contributed by atoms with Gasteiger partial charge in [0.25, 0.3) is 0 Å². The van der Waals surface area contributed by atoms with E-state index in [1.165, 1.54) is 23.4 Å². The van der Waals surface area contributed by atoms with Crippen molar-refractivity contribution in [2.45, 2.75) is 31.5 Å². The van der Waals surface area contributed by atoms with Gasteiger partial charge >= 0.3 is 0 Å². The number of carbonyl (C=O) groups is 1. The highest BCUT2D eigenvalue weighted by atomic mass is 19.1. The van der Waals surface area contributed by atoms with Gasteiger partial charge in [0.15, 0.2) is 0 Å². The Morgan fingerprint density at radius 2 is 1.93 bits per heavy atom. The summed E-state index contributed by atoms with van der Waals surface area (Å²) < 4.78 is 19.1. The van der Waals surface area contributed by atoms with Crippen molar-refractivity contribution in [3.05, 3.63) is 65.5 Å². The maximum absolute atomic E-state index is 13.6. The molecule has 0 aliphatic carbocycles. The van der Waals surface area contributed by atoms with Gasteiger partial charge in [-0.2, -0.15) is 0 Å². The minimum absolute atomic E-state index is 0.0159. The molecule has 148 valence electrons. The lowest BCUT2D eigenvalue weighted by Gasteiger charge is -2.33. The zero-order chi connectivity index (χ0) is 19.3. The number of ether oxygens (including phenoxy) is 1. The van der Waals surface area contributed by atoms with Crippen molar-refractivity contribution in [3.8, 4) is 0 Å². The van der Waals surface area contributed by atoms with Crippen LogP contribution in [0.3, 0.4) is 0 Å². The third-order valence-corrected chi connectivity index (χ3v) is 5.49. The zero-order valence-corrected chi connectivity index (χ0v) is 15.9. The first-order valence-corrected chi connectivity index (χ1v) is 9.89. The highest BCUT2D eigenvalue weighted by Crippen LogP contribution is 2.25.